The van der Waals surface area contributed by atoms with E-state index in [9.17, 15) is 18.5 Å². The first kappa shape index (κ1) is 11.5. The van der Waals surface area contributed by atoms with Crippen molar-refractivity contribution in [1.82, 2.24) is 0 Å². The monoisotopic (exact) mass is 256 g/mol. The van der Waals surface area contributed by atoms with Crippen LogP contribution in [0.15, 0.2) is 27.5 Å². The van der Waals surface area contributed by atoms with Gasteiger partial charge in [0.2, 0.25) is 5.90 Å². The number of sulfonamides is 1. The molecule has 1 heterocycles. The Hall–Kier alpha value is -1.96. The molecule has 17 heavy (non-hydrogen) atoms. The zero-order valence-electron chi connectivity index (χ0n) is 8.78. The van der Waals surface area contributed by atoms with E-state index in [1.165, 1.54) is 18.2 Å². The second kappa shape index (κ2) is 3.81. The Morgan fingerprint density at radius 3 is 2.76 bits per heavy atom. The number of fused-ring (bicyclic) bond motifs is 1. The minimum Gasteiger partial charge on any atom is -0.477 e. The minimum absolute atomic E-state index is 0.0700. The van der Waals surface area contributed by atoms with Crippen molar-refractivity contribution in [3.05, 3.63) is 33.9 Å². The molecule has 1 aliphatic heterocycles. The van der Waals surface area contributed by atoms with Gasteiger partial charge in [0.05, 0.1) is 11.5 Å². The lowest BCUT2D eigenvalue weighted by molar-refractivity contribution is -0.385. The summed E-state index contributed by atoms with van der Waals surface area (Å²) < 4.78 is 31.7. The maximum Gasteiger partial charge on any atom is 0.286 e. The van der Waals surface area contributed by atoms with Gasteiger partial charge in [0.25, 0.3) is 15.7 Å². The molecule has 0 radical (unpaired) electrons. The zero-order chi connectivity index (χ0) is 12.6. The number of hydrogen-bond donors (Lipinski definition) is 0. The summed E-state index contributed by atoms with van der Waals surface area (Å²) in [5, 5.41) is 10.8. The van der Waals surface area contributed by atoms with E-state index >= 15 is 0 Å². The summed E-state index contributed by atoms with van der Waals surface area (Å²) in [6, 6.07) is 3.79. The molecule has 0 aliphatic carbocycles. The number of ether oxygens (including phenoxy) is 1. The van der Waals surface area contributed by atoms with E-state index in [2.05, 4.69) is 4.40 Å². The number of benzene rings is 1. The van der Waals surface area contributed by atoms with Crippen molar-refractivity contribution in [1.29, 1.82) is 0 Å². The van der Waals surface area contributed by atoms with Crippen molar-refractivity contribution in [2.45, 2.75) is 11.8 Å². The van der Waals surface area contributed by atoms with Gasteiger partial charge in [-0.15, -0.1) is 4.40 Å². The van der Waals surface area contributed by atoms with Crippen LogP contribution >= 0.6 is 0 Å². The molecule has 1 aliphatic rings. The third-order valence-corrected chi connectivity index (χ3v) is 3.48. The Morgan fingerprint density at radius 2 is 2.18 bits per heavy atom. The van der Waals surface area contributed by atoms with Crippen LogP contribution in [-0.4, -0.2) is 25.8 Å². The van der Waals surface area contributed by atoms with Gasteiger partial charge in [-0.05, 0) is 13.0 Å². The maximum absolute atomic E-state index is 11.6. The van der Waals surface area contributed by atoms with Gasteiger partial charge < -0.3 is 4.74 Å². The fourth-order valence-corrected chi connectivity index (χ4v) is 2.70. The molecule has 0 fully saturated rings. The van der Waals surface area contributed by atoms with Gasteiger partial charge in [-0.25, -0.2) is 0 Å². The van der Waals surface area contributed by atoms with Crippen molar-refractivity contribution in [3.8, 4) is 0 Å². The van der Waals surface area contributed by atoms with Gasteiger partial charge >= 0.3 is 0 Å². The Balaban J connectivity index is 2.74. The number of nitro groups is 1. The molecule has 0 bridgehead atoms. The molecule has 0 aromatic heterocycles. The normalized spacial score (nSPS) is 16.2. The van der Waals surface area contributed by atoms with Crippen LogP contribution in [0.5, 0.6) is 0 Å². The summed E-state index contributed by atoms with van der Waals surface area (Å²) >= 11 is 0. The first-order valence-corrected chi connectivity index (χ1v) is 6.17. The predicted molar refractivity (Wildman–Crippen MR) is 58.4 cm³/mol. The van der Waals surface area contributed by atoms with E-state index in [1.807, 2.05) is 0 Å². The van der Waals surface area contributed by atoms with Crippen LogP contribution in [0.25, 0.3) is 0 Å². The molecule has 0 spiro atoms. The molecule has 90 valence electrons. The standard InChI is InChI=1S/C9H8N2O5S/c1-2-16-9-8-6(11(12)13)4-3-5-7(8)17(14,15)10-9/h3-5H,2H2,1H3. The topological polar surface area (TPSA) is 98.9 Å². The second-order valence-electron chi connectivity index (χ2n) is 3.21. The Bertz CT molecular complexity index is 620. The largest absolute Gasteiger partial charge is 0.477 e. The summed E-state index contributed by atoms with van der Waals surface area (Å²) in [5.41, 5.74) is -0.393. The highest BCUT2D eigenvalue weighted by Crippen LogP contribution is 2.33. The van der Waals surface area contributed by atoms with E-state index in [1.54, 1.807) is 6.92 Å². The van der Waals surface area contributed by atoms with Crippen LogP contribution in [0.2, 0.25) is 0 Å². The van der Waals surface area contributed by atoms with Gasteiger partial charge in [-0.2, -0.15) is 8.42 Å². The SMILES string of the molecule is CCOC1=NS(=O)(=O)c2cccc([N+](=O)[O-])c21. The van der Waals surface area contributed by atoms with E-state index < -0.39 is 14.9 Å². The van der Waals surface area contributed by atoms with Gasteiger partial charge in [0.15, 0.2) is 0 Å². The quantitative estimate of drug-likeness (QED) is 0.582. The lowest BCUT2D eigenvalue weighted by Crippen LogP contribution is -2.07. The molecule has 2 rings (SSSR count). The van der Waals surface area contributed by atoms with Crippen molar-refractivity contribution in [3.63, 3.8) is 0 Å². The minimum atomic E-state index is -3.87. The van der Waals surface area contributed by atoms with Crippen LogP contribution in [0.4, 0.5) is 5.69 Å². The van der Waals surface area contributed by atoms with Gasteiger partial charge in [-0.3, -0.25) is 10.1 Å². The molecule has 0 saturated carbocycles. The fraction of sp³-hybridized carbons (Fsp3) is 0.222. The predicted octanol–water partition coefficient (Wildman–Crippen LogP) is 1.08. The second-order valence-corrected chi connectivity index (χ2v) is 4.78. The Labute approximate surface area is 96.9 Å². The van der Waals surface area contributed by atoms with Gasteiger partial charge in [0, 0.05) is 6.07 Å². The molecular formula is C9H8N2O5S. The zero-order valence-corrected chi connectivity index (χ0v) is 9.60. The van der Waals surface area contributed by atoms with E-state index in [-0.39, 0.29) is 28.7 Å². The summed E-state index contributed by atoms with van der Waals surface area (Å²) in [5.74, 6) is -0.213. The first-order valence-electron chi connectivity index (χ1n) is 4.73. The molecule has 0 unspecified atom stereocenters. The van der Waals surface area contributed by atoms with Crippen molar-refractivity contribution in [2.75, 3.05) is 6.61 Å². The Morgan fingerprint density at radius 1 is 1.47 bits per heavy atom. The summed E-state index contributed by atoms with van der Waals surface area (Å²) in [7, 11) is -3.87. The summed E-state index contributed by atoms with van der Waals surface area (Å²) in [6.07, 6.45) is 0. The van der Waals surface area contributed by atoms with Crippen LogP contribution in [-0.2, 0) is 14.8 Å². The Kier molecular flexibility index (Phi) is 2.58. The average molecular weight is 256 g/mol. The van der Waals surface area contributed by atoms with Gasteiger partial charge in [0.1, 0.15) is 10.5 Å². The van der Waals surface area contributed by atoms with Crippen LogP contribution in [0, 0.1) is 10.1 Å². The molecule has 7 nitrogen and oxygen atoms in total. The summed E-state index contributed by atoms with van der Waals surface area (Å²) in [4.78, 5) is 9.98. The number of nitro benzene ring substituents is 1. The average Bonchev–Trinajstić information content (AvgIpc) is 2.51. The number of nitrogens with zero attached hydrogens (tertiary/aromatic N) is 2. The third kappa shape index (κ3) is 1.76. The molecular weight excluding hydrogens is 248 g/mol. The first-order chi connectivity index (χ1) is 7.97. The molecule has 8 heteroatoms. The molecule has 0 N–H and O–H groups in total. The molecule has 1 aromatic rings. The highest BCUT2D eigenvalue weighted by Gasteiger charge is 2.36. The van der Waals surface area contributed by atoms with Crippen LogP contribution in [0.1, 0.15) is 12.5 Å². The highest BCUT2D eigenvalue weighted by molar-refractivity contribution is 7.90. The van der Waals surface area contributed by atoms with Gasteiger partial charge in [-0.1, -0.05) is 6.07 Å². The lowest BCUT2D eigenvalue weighted by Gasteiger charge is -2.03. The third-order valence-electron chi connectivity index (χ3n) is 2.18. The van der Waals surface area contributed by atoms with E-state index in [4.69, 9.17) is 4.74 Å². The highest BCUT2D eigenvalue weighted by atomic mass is 32.2. The van der Waals surface area contributed by atoms with Crippen LogP contribution < -0.4 is 0 Å². The van der Waals surface area contributed by atoms with Crippen molar-refractivity contribution >= 4 is 21.6 Å². The number of rotatable bonds is 2. The molecule has 1 aromatic carbocycles. The van der Waals surface area contributed by atoms with E-state index in [0.717, 1.165) is 0 Å². The summed E-state index contributed by atoms with van der Waals surface area (Å²) in [6.45, 7) is 1.82. The molecule has 0 amide bonds. The van der Waals surface area contributed by atoms with E-state index in [0.29, 0.717) is 0 Å². The fourth-order valence-electron chi connectivity index (χ4n) is 1.54. The van der Waals surface area contributed by atoms with Crippen LogP contribution in [0.3, 0.4) is 0 Å². The smallest absolute Gasteiger partial charge is 0.286 e. The maximum atomic E-state index is 11.6. The molecule has 0 saturated heterocycles. The number of hydrogen-bond acceptors (Lipinski definition) is 5. The lowest BCUT2D eigenvalue weighted by atomic mass is 10.2. The van der Waals surface area contributed by atoms with Crippen molar-refractivity contribution < 1.29 is 18.1 Å². The van der Waals surface area contributed by atoms with Crippen molar-refractivity contribution in [2.24, 2.45) is 4.40 Å². The molecule has 0 atom stereocenters.